The second-order valence-corrected chi connectivity index (χ2v) is 9.71. The van der Waals surface area contributed by atoms with Crippen molar-refractivity contribution in [3.8, 4) is 0 Å². The van der Waals surface area contributed by atoms with E-state index in [0.29, 0.717) is 18.0 Å². The molecule has 0 unspecified atom stereocenters. The van der Waals surface area contributed by atoms with E-state index in [4.69, 9.17) is 11.6 Å². The Labute approximate surface area is 168 Å². The fourth-order valence-electron chi connectivity index (χ4n) is 3.55. The molecule has 2 aliphatic heterocycles. The second kappa shape index (κ2) is 10.2. The van der Waals surface area contributed by atoms with Gasteiger partial charge in [-0.05, 0) is 56.5 Å². The number of piperidine rings is 1. The van der Waals surface area contributed by atoms with Gasteiger partial charge in [-0.15, -0.1) is 0 Å². The summed E-state index contributed by atoms with van der Waals surface area (Å²) in [5, 5.41) is 2.84. The van der Waals surface area contributed by atoms with Crippen molar-refractivity contribution in [2.24, 2.45) is 5.92 Å². The Kier molecular flexibility index (Phi) is 7.97. The fraction of sp³-hybridized carbons (Fsp3) is 0.632. The summed E-state index contributed by atoms with van der Waals surface area (Å²) in [5.74, 6) is 5.23. The van der Waals surface area contributed by atoms with E-state index in [1.165, 1.54) is 48.0 Å². The maximum Gasteiger partial charge on any atom is 0.224 e. The Hall–Kier alpha value is -0.430. The van der Waals surface area contributed by atoms with Crippen LogP contribution in [0.25, 0.3) is 0 Å². The minimum Gasteiger partial charge on any atom is -0.326 e. The number of carbonyl (C=O) groups is 1. The van der Waals surface area contributed by atoms with Gasteiger partial charge in [-0.1, -0.05) is 11.6 Å². The molecular weight excluding hydrogens is 391 g/mol. The Morgan fingerprint density at radius 3 is 2.58 bits per heavy atom. The van der Waals surface area contributed by atoms with E-state index in [9.17, 15) is 9.18 Å². The van der Waals surface area contributed by atoms with Gasteiger partial charge in [-0.2, -0.15) is 23.5 Å². The molecule has 0 radical (unpaired) electrons. The van der Waals surface area contributed by atoms with Crippen LogP contribution in [0.2, 0.25) is 5.02 Å². The zero-order valence-electron chi connectivity index (χ0n) is 14.9. The zero-order chi connectivity index (χ0) is 18.4. The number of rotatable bonds is 5. The predicted molar refractivity (Wildman–Crippen MR) is 112 cm³/mol. The lowest BCUT2D eigenvalue weighted by Crippen LogP contribution is -2.44. The second-order valence-electron chi connectivity index (χ2n) is 7.00. The number of nitrogens with zero attached hydrogens (tertiary/aromatic N) is 1. The Morgan fingerprint density at radius 1 is 1.23 bits per heavy atom. The average molecular weight is 417 g/mol. The highest BCUT2D eigenvalue weighted by Gasteiger charge is 2.26. The van der Waals surface area contributed by atoms with Crippen LogP contribution in [0.5, 0.6) is 0 Å². The Morgan fingerprint density at radius 2 is 1.92 bits per heavy atom. The molecule has 2 heterocycles. The molecule has 3 nitrogen and oxygen atoms in total. The van der Waals surface area contributed by atoms with Gasteiger partial charge in [0.2, 0.25) is 5.91 Å². The molecule has 0 atom stereocenters. The summed E-state index contributed by atoms with van der Waals surface area (Å²) >= 11 is 9.92. The van der Waals surface area contributed by atoms with Crippen LogP contribution in [0.15, 0.2) is 18.2 Å². The van der Waals surface area contributed by atoms with Gasteiger partial charge >= 0.3 is 0 Å². The van der Waals surface area contributed by atoms with E-state index in [1.807, 2.05) is 0 Å². The lowest BCUT2D eigenvalue weighted by atomic mass is 9.91. The van der Waals surface area contributed by atoms with E-state index in [0.717, 1.165) is 25.6 Å². The van der Waals surface area contributed by atoms with Crippen LogP contribution < -0.4 is 5.32 Å². The summed E-state index contributed by atoms with van der Waals surface area (Å²) in [6, 6.07) is 4.99. The predicted octanol–water partition coefficient (Wildman–Crippen LogP) is 4.76. The fourth-order valence-corrected chi connectivity index (χ4v) is 6.36. The van der Waals surface area contributed by atoms with E-state index in [1.54, 1.807) is 6.07 Å². The number of anilines is 1. The lowest BCUT2D eigenvalue weighted by molar-refractivity contribution is -0.116. The molecular formula is C19H26ClFN2OS2. The van der Waals surface area contributed by atoms with Crippen molar-refractivity contribution in [1.29, 1.82) is 0 Å². The van der Waals surface area contributed by atoms with Crippen LogP contribution in [-0.4, -0.2) is 52.9 Å². The highest BCUT2D eigenvalue weighted by atomic mass is 35.5. The molecule has 1 N–H and O–H groups in total. The number of hydrogen-bond acceptors (Lipinski definition) is 4. The average Bonchev–Trinajstić information content (AvgIpc) is 2.93. The molecule has 0 spiro atoms. The summed E-state index contributed by atoms with van der Waals surface area (Å²) in [7, 11) is 0. The van der Waals surface area contributed by atoms with Gasteiger partial charge in [0.05, 0.1) is 5.02 Å². The maximum absolute atomic E-state index is 13.2. The molecule has 0 aromatic heterocycles. The summed E-state index contributed by atoms with van der Waals surface area (Å²) in [6.07, 6.45) is 3.79. The van der Waals surface area contributed by atoms with Gasteiger partial charge in [-0.3, -0.25) is 9.69 Å². The molecule has 3 rings (SSSR count). The molecule has 2 aliphatic rings. The monoisotopic (exact) mass is 416 g/mol. The van der Waals surface area contributed by atoms with Crippen molar-refractivity contribution >= 4 is 46.7 Å². The zero-order valence-corrected chi connectivity index (χ0v) is 17.3. The van der Waals surface area contributed by atoms with Crippen molar-refractivity contribution in [2.75, 3.05) is 41.4 Å². The first-order valence-electron chi connectivity index (χ1n) is 9.26. The number of carbonyl (C=O) groups excluding carboxylic acids is 1. The molecule has 144 valence electrons. The molecule has 0 aliphatic carbocycles. The van der Waals surface area contributed by atoms with Crippen molar-refractivity contribution in [2.45, 2.75) is 31.7 Å². The third kappa shape index (κ3) is 6.04. The van der Waals surface area contributed by atoms with Gasteiger partial charge in [0.1, 0.15) is 5.82 Å². The SMILES string of the molecule is O=C(CCC1CCN(C2CSCCSC2)CC1)Nc1ccc(F)c(Cl)c1. The normalized spacial score (nSPS) is 20.7. The summed E-state index contributed by atoms with van der Waals surface area (Å²) in [5.41, 5.74) is 0.555. The van der Waals surface area contributed by atoms with E-state index >= 15 is 0 Å². The number of nitrogens with one attached hydrogen (secondary N) is 1. The smallest absolute Gasteiger partial charge is 0.224 e. The topological polar surface area (TPSA) is 32.3 Å². The molecule has 2 saturated heterocycles. The molecule has 7 heteroatoms. The number of benzene rings is 1. The van der Waals surface area contributed by atoms with Crippen LogP contribution in [0, 0.1) is 11.7 Å². The highest BCUT2D eigenvalue weighted by molar-refractivity contribution is 8.03. The largest absolute Gasteiger partial charge is 0.326 e. The highest BCUT2D eigenvalue weighted by Crippen LogP contribution is 2.27. The van der Waals surface area contributed by atoms with Gasteiger partial charge in [-0.25, -0.2) is 4.39 Å². The summed E-state index contributed by atoms with van der Waals surface area (Å²) < 4.78 is 13.2. The Bertz CT molecular complexity index is 603. The van der Waals surface area contributed by atoms with Gasteiger partial charge in [0, 0.05) is 41.2 Å². The van der Waals surface area contributed by atoms with E-state index in [2.05, 4.69) is 33.7 Å². The first-order chi connectivity index (χ1) is 12.6. The van der Waals surface area contributed by atoms with Crippen LogP contribution in [0.4, 0.5) is 10.1 Å². The minimum absolute atomic E-state index is 0.0216. The Balaban J connectivity index is 1.37. The third-order valence-electron chi connectivity index (χ3n) is 5.14. The van der Waals surface area contributed by atoms with Crippen LogP contribution in [0.3, 0.4) is 0 Å². The minimum atomic E-state index is -0.470. The molecule has 1 aromatic carbocycles. The van der Waals surface area contributed by atoms with E-state index < -0.39 is 5.82 Å². The van der Waals surface area contributed by atoms with Gasteiger partial charge in [0.25, 0.3) is 0 Å². The molecule has 0 saturated carbocycles. The number of halogens is 2. The van der Waals surface area contributed by atoms with Crippen LogP contribution in [-0.2, 0) is 4.79 Å². The first-order valence-corrected chi connectivity index (χ1v) is 11.9. The quantitative estimate of drug-likeness (QED) is 0.750. The van der Waals surface area contributed by atoms with Crippen molar-refractivity contribution in [3.05, 3.63) is 29.0 Å². The van der Waals surface area contributed by atoms with Crippen molar-refractivity contribution in [1.82, 2.24) is 4.90 Å². The third-order valence-corrected chi connectivity index (χ3v) is 7.92. The van der Waals surface area contributed by atoms with Crippen LogP contribution >= 0.6 is 35.1 Å². The van der Waals surface area contributed by atoms with Gasteiger partial charge in [0.15, 0.2) is 0 Å². The summed E-state index contributed by atoms with van der Waals surface area (Å²) in [6.45, 7) is 2.32. The van der Waals surface area contributed by atoms with E-state index in [-0.39, 0.29) is 10.9 Å². The van der Waals surface area contributed by atoms with Crippen LogP contribution in [0.1, 0.15) is 25.7 Å². The molecule has 2 fully saturated rings. The lowest BCUT2D eigenvalue weighted by Gasteiger charge is -2.37. The molecule has 1 aromatic rings. The van der Waals surface area contributed by atoms with Gasteiger partial charge < -0.3 is 5.32 Å². The number of amides is 1. The first kappa shape index (κ1) is 20.3. The number of thioether (sulfide) groups is 2. The van der Waals surface area contributed by atoms with Crippen molar-refractivity contribution < 1.29 is 9.18 Å². The molecule has 1 amide bonds. The number of hydrogen-bond donors (Lipinski definition) is 1. The standard InChI is InChI=1S/C19H26ClFN2OS2/c20-17-11-15(2-3-18(17)21)22-19(24)4-1-14-5-7-23(8-6-14)16-12-25-9-10-26-13-16/h2-3,11,14,16H,1,4-10,12-13H2,(H,22,24). The summed E-state index contributed by atoms with van der Waals surface area (Å²) in [4.78, 5) is 14.8. The maximum atomic E-state index is 13.2. The molecule has 26 heavy (non-hydrogen) atoms. The van der Waals surface area contributed by atoms with Crippen molar-refractivity contribution in [3.63, 3.8) is 0 Å². The molecule has 0 bridgehead atoms. The number of likely N-dealkylation sites (tertiary alicyclic amines) is 1.